The fourth-order valence-electron chi connectivity index (χ4n) is 13.3. The second-order valence-corrected chi connectivity index (χ2v) is 21.2. The molecule has 370 valence electrons. The van der Waals surface area contributed by atoms with Gasteiger partial charge in [0, 0.05) is 54.9 Å². The van der Waals surface area contributed by atoms with Crippen LogP contribution in [-0.4, -0.2) is 20.8 Å². The molecule has 0 radical (unpaired) electrons. The number of nitrogens with one attached hydrogen (secondary N) is 1. The third kappa shape index (κ3) is 6.87. The largest absolute Gasteiger partial charge is 0.344 e. The van der Waals surface area contributed by atoms with Gasteiger partial charge in [-0.25, -0.2) is 9.98 Å². The molecule has 0 spiro atoms. The fourth-order valence-corrected chi connectivity index (χ4v) is 13.3. The summed E-state index contributed by atoms with van der Waals surface area (Å²) >= 11 is 0. The highest BCUT2D eigenvalue weighted by Crippen LogP contribution is 2.60. The lowest BCUT2D eigenvalue weighted by atomic mass is 9.54. The number of rotatable bonds is 8. The molecule has 0 fully saturated rings. The number of fused-ring (bicyclic) bond motifs is 10. The van der Waals surface area contributed by atoms with Crippen LogP contribution in [0, 0.1) is 0 Å². The SMILES string of the molecule is CC1(c2ccccc2)c2ccc3c4ccccc4n(-c4cccc(C5N=C(c6ccccc6)N=C(c6ccccc6)N5)c4)c3c2C(C)(c2ccccc2)c2ccc3c4ccccc4n(-c4cccc(-c5ccccc5)c4)c3c21. The van der Waals surface area contributed by atoms with Crippen molar-refractivity contribution >= 4 is 55.3 Å². The molecule has 78 heavy (non-hydrogen) atoms. The number of nitrogens with zero attached hydrogens (tertiary/aromatic N) is 4. The Labute approximate surface area is 453 Å². The number of aliphatic imine (C=N–C) groups is 2. The van der Waals surface area contributed by atoms with Crippen molar-refractivity contribution in [3.05, 3.63) is 323 Å². The zero-order valence-corrected chi connectivity index (χ0v) is 43.3. The number of benzene rings is 11. The Balaban J connectivity index is 1.03. The third-order valence-corrected chi connectivity index (χ3v) is 16.9. The van der Waals surface area contributed by atoms with E-state index in [2.05, 4.69) is 277 Å². The molecule has 0 saturated carbocycles. The van der Waals surface area contributed by atoms with Gasteiger partial charge in [0.1, 0.15) is 12.0 Å². The van der Waals surface area contributed by atoms with Crippen molar-refractivity contribution in [3.8, 4) is 22.5 Å². The molecule has 11 aromatic carbocycles. The predicted molar refractivity (Wildman–Crippen MR) is 323 cm³/mol. The van der Waals surface area contributed by atoms with E-state index in [0.717, 1.165) is 39.4 Å². The molecule has 5 heteroatoms. The van der Waals surface area contributed by atoms with Gasteiger partial charge in [-0.15, -0.1) is 0 Å². The Kier molecular flexibility index (Phi) is 10.5. The minimum Gasteiger partial charge on any atom is -0.344 e. The number of para-hydroxylation sites is 2. The van der Waals surface area contributed by atoms with Crippen molar-refractivity contribution in [1.82, 2.24) is 14.5 Å². The first-order valence-electron chi connectivity index (χ1n) is 27.0. The molecular weight excluding hydrogens is 947 g/mol. The smallest absolute Gasteiger partial charge is 0.159 e. The summed E-state index contributed by atoms with van der Waals surface area (Å²) in [4.78, 5) is 10.5. The van der Waals surface area contributed by atoms with E-state index >= 15 is 0 Å². The first kappa shape index (κ1) is 45.5. The van der Waals surface area contributed by atoms with Gasteiger partial charge < -0.3 is 14.5 Å². The summed E-state index contributed by atoms with van der Waals surface area (Å²) in [6, 6.07) is 99.7. The van der Waals surface area contributed by atoms with Crippen molar-refractivity contribution in [2.24, 2.45) is 9.98 Å². The van der Waals surface area contributed by atoms with Gasteiger partial charge in [0.05, 0.1) is 22.1 Å². The summed E-state index contributed by atoms with van der Waals surface area (Å²) in [6.07, 6.45) is -0.403. The van der Waals surface area contributed by atoms with Gasteiger partial charge in [-0.05, 0) is 100 Å². The van der Waals surface area contributed by atoms with Crippen LogP contribution in [0.4, 0.5) is 0 Å². The Morgan fingerprint density at radius 3 is 1.35 bits per heavy atom. The van der Waals surface area contributed by atoms with Gasteiger partial charge in [0.15, 0.2) is 5.84 Å². The van der Waals surface area contributed by atoms with E-state index in [1.54, 1.807) is 0 Å². The first-order chi connectivity index (χ1) is 38.5. The van der Waals surface area contributed by atoms with E-state index in [1.807, 2.05) is 24.3 Å². The molecule has 1 N–H and O–H groups in total. The van der Waals surface area contributed by atoms with E-state index in [9.17, 15) is 0 Å². The summed E-state index contributed by atoms with van der Waals surface area (Å²) in [5, 5.41) is 8.64. The first-order valence-corrected chi connectivity index (χ1v) is 27.0. The average molecular weight is 1000 g/mol. The molecule has 13 aromatic rings. The van der Waals surface area contributed by atoms with Crippen molar-refractivity contribution in [2.75, 3.05) is 0 Å². The standard InChI is InChI=1S/C73H53N5/c1-72(53-32-14-6-15-33-53)62-45-43-60-58-39-19-21-41-64(58)78(56-37-23-31-52(47-56)71-75-69(49-26-10-4-11-27-49)74-70(76-71)50-28-12-5-13-29-50)68(60)66(62)73(2,54-34-16-7-17-35-54)61-44-42-59-57-38-18-20-40-63(57)77(67(59)65(61)72)55-36-22-30-51(46-55)48-24-8-3-9-25-48/h3-47,71H,1-2H3,(H,74,75,76). The van der Waals surface area contributed by atoms with Gasteiger partial charge in [0.25, 0.3) is 0 Å². The van der Waals surface area contributed by atoms with Gasteiger partial charge in [-0.3, -0.25) is 0 Å². The number of aromatic nitrogens is 2. The van der Waals surface area contributed by atoms with Crippen molar-refractivity contribution in [2.45, 2.75) is 30.8 Å². The zero-order chi connectivity index (χ0) is 52.0. The molecular formula is C73H53N5. The molecule has 3 heterocycles. The van der Waals surface area contributed by atoms with Crippen LogP contribution in [0.1, 0.15) is 70.1 Å². The highest BCUT2D eigenvalue weighted by atomic mass is 15.2. The van der Waals surface area contributed by atoms with Crippen LogP contribution >= 0.6 is 0 Å². The molecule has 0 amide bonds. The van der Waals surface area contributed by atoms with Crippen LogP contribution < -0.4 is 5.32 Å². The average Bonchev–Trinajstić information content (AvgIpc) is 3.52. The lowest BCUT2D eigenvalue weighted by Crippen LogP contribution is -2.42. The topological polar surface area (TPSA) is 46.6 Å². The number of amidine groups is 2. The van der Waals surface area contributed by atoms with Crippen molar-refractivity contribution < 1.29 is 0 Å². The number of hydrogen-bond donors (Lipinski definition) is 1. The van der Waals surface area contributed by atoms with E-state index in [-0.39, 0.29) is 0 Å². The summed E-state index contributed by atoms with van der Waals surface area (Å²) in [6.45, 7) is 4.99. The van der Waals surface area contributed by atoms with Crippen LogP contribution in [0.2, 0.25) is 0 Å². The summed E-state index contributed by atoms with van der Waals surface area (Å²) in [7, 11) is 0. The van der Waals surface area contributed by atoms with E-state index < -0.39 is 17.0 Å². The molecule has 2 aromatic heterocycles. The highest BCUT2D eigenvalue weighted by Gasteiger charge is 2.51. The van der Waals surface area contributed by atoms with Crippen molar-refractivity contribution in [1.29, 1.82) is 0 Å². The molecule has 1 aliphatic carbocycles. The molecule has 3 unspecified atom stereocenters. The monoisotopic (exact) mass is 999 g/mol. The molecule has 0 saturated heterocycles. The second kappa shape index (κ2) is 17.9. The molecule has 0 bridgehead atoms. The Hall–Kier alpha value is -9.84. The van der Waals surface area contributed by atoms with Crippen molar-refractivity contribution in [3.63, 3.8) is 0 Å². The van der Waals surface area contributed by atoms with E-state index in [4.69, 9.17) is 9.98 Å². The molecule has 5 nitrogen and oxygen atoms in total. The van der Waals surface area contributed by atoms with Crippen LogP contribution in [0.3, 0.4) is 0 Å². The van der Waals surface area contributed by atoms with Crippen LogP contribution in [0.15, 0.2) is 283 Å². The minimum atomic E-state index is -0.661. The molecule has 2 aliphatic rings. The van der Waals surface area contributed by atoms with Gasteiger partial charge in [-0.1, -0.05) is 237 Å². The van der Waals surface area contributed by atoms with Gasteiger partial charge in [-0.2, -0.15) is 0 Å². The van der Waals surface area contributed by atoms with E-state index in [1.165, 1.54) is 82.6 Å². The lowest BCUT2D eigenvalue weighted by Gasteiger charge is -2.48. The van der Waals surface area contributed by atoms with Gasteiger partial charge >= 0.3 is 0 Å². The van der Waals surface area contributed by atoms with E-state index in [0.29, 0.717) is 5.84 Å². The molecule has 1 aliphatic heterocycles. The Morgan fingerprint density at radius 1 is 0.372 bits per heavy atom. The molecule has 15 rings (SSSR count). The summed E-state index contributed by atoms with van der Waals surface area (Å²) in [5.41, 5.74) is 18.6. The predicted octanol–water partition coefficient (Wildman–Crippen LogP) is 17.1. The van der Waals surface area contributed by atoms with Gasteiger partial charge in [0.2, 0.25) is 0 Å². The minimum absolute atomic E-state index is 0.403. The Morgan fingerprint density at radius 2 is 0.808 bits per heavy atom. The number of hydrogen-bond acceptors (Lipinski definition) is 3. The van der Waals surface area contributed by atoms with Crippen LogP contribution in [-0.2, 0) is 10.8 Å². The second-order valence-electron chi connectivity index (χ2n) is 21.2. The maximum atomic E-state index is 5.35. The fraction of sp³-hybridized carbons (Fsp3) is 0.0685. The lowest BCUT2D eigenvalue weighted by molar-refractivity contribution is 0.574. The van der Waals surface area contributed by atoms with Crippen LogP contribution in [0.25, 0.3) is 66.1 Å². The summed E-state index contributed by atoms with van der Waals surface area (Å²) in [5.74, 6) is 1.49. The highest BCUT2D eigenvalue weighted by molar-refractivity contribution is 6.15. The Bertz CT molecular complexity index is 4540. The molecule has 3 atom stereocenters. The van der Waals surface area contributed by atoms with Crippen LogP contribution in [0.5, 0.6) is 0 Å². The third-order valence-electron chi connectivity index (χ3n) is 16.9. The summed E-state index contributed by atoms with van der Waals surface area (Å²) < 4.78 is 5.11. The zero-order valence-electron chi connectivity index (χ0n) is 43.3. The maximum absolute atomic E-state index is 5.35. The normalized spacial score (nSPS) is 17.8. The maximum Gasteiger partial charge on any atom is 0.159 e. The quantitative estimate of drug-likeness (QED) is 0.162.